The van der Waals surface area contributed by atoms with Crippen molar-refractivity contribution in [1.29, 1.82) is 0 Å². The first-order chi connectivity index (χ1) is 9.89. The van der Waals surface area contributed by atoms with Crippen molar-refractivity contribution in [3.8, 4) is 0 Å². The van der Waals surface area contributed by atoms with Crippen molar-refractivity contribution in [2.24, 2.45) is 0 Å². The summed E-state index contributed by atoms with van der Waals surface area (Å²) in [5.41, 5.74) is -0.573. The summed E-state index contributed by atoms with van der Waals surface area (Å²) in [5, 5.41) is 12.6. The zero-order chi connectivity index (χ0) is 15.5. The van der Waals surface area contributed by atoms with Crippen LogP contribution in [0.15, 0.2) is 30.3 Å². The smallest absolute Gasteiger partial charge is 0.329 e. The maximum absolute atomic E-state index is 11.8. The van der Waals surface area contributed by atoms with Crippen molar-refractivity contribution in [3.05, 3.63) is 35.9 Å². The van der Waals surface area contributed by atoms with Crippen molar-refractivity contribution >= 4 is 15.8 Å². The number of hydrogen-bond acceptors (Lipinski definition) is 5. The average molecular weight is 312 g/mol. The molecule has 0 aliphatic carbocycles. The number of carboxylic acids is 1. The van der Waals surface area contributed by atoms with Gasteiger partial charge >= 0.3 is 5.97 Å². The lowest BCUT2D eigenvalue weighted by Gasteiger charge is -2.36. The Kier molecular flexibility index (Phi) is 4.65. The monoisotopic (exact) mass is 312 g/mol. The van der Waals surface area contributed by atoms with E-state index in [1.54, 1.807) is 31.3 Å². The van der Waals surface area contributed by atoms with Gasteiger partial charge in [0.15, 0.2) is 15.4 Å². The van der Waals surface area contributed by atoms with E-state index in [0.29, 0.717) is 18.7 Å². The summed E-state index contributed by atoms with van der Waals surface area (Å²) in [7, 11) is -1.36. The van der Waals surface area contributed by atoms with Crippen LogP contribution in [0.3, 0.4) is 0 Å². The maximum Gasteiger partial charge on any atom is 0.329 e. The third-order valence-corrected chi connectivity index (χ3v) is 5.57. The van der Waals surface area contributed by atoms with Gasteiger partial charge in [-0.05, 0) is 12.6 Å². The Balaban J connectivity index is 2.24. The Morgan fingerprint density at radius 1 is 1.29 bits per heavy atom. The van der Waals surface area contributed by atoms with Crippen LogP contribution in [0.5, 0.6) is 0 Å². The lowest BCUT2D eigenvalue weighted by molar-refractivity contribution is -0.146. The van der Waals surface area contributed by atoms with Gasteiger partial charge in [-0.1, -0.05) is 30.3 Å². The molecule has 1 aromatic rings. The van der Waals surface area contributed by atoms with Gasteiger partial charge in [-0.15, -0.1) is 0 Å². The Labute approximate surface area is 124 Å². The highest BCUT2D eigenvalue weighted by molar-refractivity contribution is 7.91. The topological polar surface area (TPSA) is 86.7 Å². The van der Waals surface area contributed by atoms with E-state index in [0.717, 1.165) is 0 Å². The van der Waals surface area contributed by atoms with E-state index >= 15 is 0 Å². The standard InChI is InChI=1S/C14H20N2O4S/c1-15-14(13(17)18,12-5-3-2-4-6-12)11-16-7-9-21(19,20)10-8-16/h2-6,15H,7-11H2,1H3,(H,17,18). The fourth-order valence-electron chi connectivity index (χ4n) is 2.58. The van der Waals surface area contributed by atoms with Crippen molar-refractivity contribution in [1.82, 2.24) is 10.2 Å². The predicted octanol–water partition coefficient (Wildman–Crippen LogP) is -0.0837. The minimum absolute atomic E-state index is 0.0845. The normalized spacial score (nSPS) is 21.6. The van der Waals surface area contributed by atoms with Gasteiger partial charge in [0.25, 0.3) is 0 Å². The molecule has 1 atom stereocenters. The molecule has 21 heavy (non-hydrogen) atoms. The molecule has 1 aliphatic rings. The number of benzene rings is 1. The summed E-state index contributed by atoms with van der Waals surface area (Å²) >= 11 is 0. The van der Waals surface area contributed by atoms with Crippen LogP contribution in [-0.2, 0) is 20.2 Å². The quantitative estimate of drug-likeness (QED) is 0.791. The molecule has 0 spiro atoms. The summed E-state index contributed by atoms with van der Waals surface area (Å²) in [4.78, 5) is 13.7. The molecular formula is C14H20N2O4S. The van der Waals surface area contributed by atoms with Crippen molar-refractivity contribution in [2.45, 2.75) is 5.54 Å². The van der Waals surface area contributed by atoms with E-state index in [2.05, 4.69) is 5.32 Å². The van der Waals surface area contributed by atoms with Gasteiger partial charge in [-0.3, -0.25) is 4.90 Å². The van der Waals surface area contributed by atoms with Gasteiger partial charge in [0.05, 0.1) is 11.5 Å². The highest BCUT2D eigenvalue weighted by Gasteiger charge is 2.41. The number of sulfone groups is 1. The molecule has 0 bridgehead atoms. The number of likely N-dealkylation sites (N-methyl/N-ethyl adjacent to an activating group) is 1. The van der Waals surface area contributed by atoms with Gasteiger partial charge in [-0.25, -0.2) is 13.2 Å². The van der Waals surface area contributed by atoms with Crippen LogP contribution in [0.25, 0.3) is 0 Å². The van der Waals surface area contributed by atoms with Crippen LogP contribution < -0.4 is 5.32 Å². The first-order valence-electron chi connectivity index (χ1n) is 6.80. The van der Waals surface area contributed by atoms with E-state index < -0.39 is 21.3 Å². The minimum atomic E-state index is -2.97. The molecule has 6 nitrogen and oxygen atoms in total. The minimum Gasteiger partial charge on any atom is -0.480 e. The van der Waals surface area contributed by atoms with Crippen LogP contribution in [0.4, 0.5) is 0 Å². The molecule has 7 heteroatoms. The number of nitrogens with zero attached hydrogens (tertiary/aromatic N) is 1. The third kappa shape index (κ3) is 3.42. The van der Waals surface area contributed by atoms with E-state index in [1.807, 2.05) is 11.0 Å². The van der Waals surface area contributed by atoms with Crippen molar-refractivity contribution in [2.75, 3.05) is 38.2 Å². The van der Waals surface area contributed by atoms with E-state index in [-0.39, 0.29) is 18.1 Å². The molecule has 1 aliphatic heterocycles. The van der Waals surface area contributed by atoms with E-state index in [1.165, 1.54) is 0 Å². The Morgan fingerprint density at radius 2 is 1.86 bits per heavy atom. The lowest BCUT2D eigenvalue weighted by atomic mass is 9.89. The third-order valence-electron chi connectivity index (χ3n) is 3.96. The molecule has 1 fully saturated rings. The molecule has 0 amide bonds. The summed E-state index contributed by atoms with van der Waals surface area (Å²) in [5.74, 6) is -0.799. The predicted molar refractivity (Wildman–Crippen MR) is 79.9 cm³/mol. The number of carboxylic acid groups (broad SMARTS) is 1. The van der Waals surface area contributed by atoms with Gasteiger partial charge < -0.3 is 10.4 Å². The number of hydrogen-bond donors (Lipinski definition) is 2. The van der Waals surface area contributed by atoms with E-state index in [4.69, 9.17) is 0 Å². The molecule has 1 saturated heterocycles. The van der Waals surface area contributed by atoms with Crippen LogP contribution in [-0.4, -0.2) is 62.6 Å². The average Bonchev–Trinajstić information content (AvgIpc) is 2.47. The van der Waals surface area contributed by atoms with E-state index in [9.17, 15) is 18.3 Å². The zero-order valence-electron chi connectivity index (χ0n) is 11.9. The number of carbonyl (C=O) groups is 1. The fourth-order valence-corrected chi connectivity index (χ4v) is 3.86. The molecule has 1 heterocycles. The molecule has 2 rings (SSSR count). The molecule has 1 unspecified atom stereocenters. The molecule has 1 aromatic carbocycles. The molecular weight excluding hydrogens is 292 g/mol. The molecule has 2 N–H and O–H groups in total. The first-order valence-corrected chi connectivity index (χ1v) is 8.62. The maximum atomic E-state index is 11.8. The summed E-state index contributed by atoms with van der Waals surface area (Å²) < 4.78 is 23.0. The van der Waals surface area contributed by atoms with Gasteiger partial charge in [0, 0.05) is 19.6 Å². The fraction of sp³-hybridized carbons (Fsp3) is 0.500. The van der Waals surface area contributed by atoms with Crippen LogP contribution in [0.2, 0.25) is 0 Å². The Bertz CT molecular complexity index is 589. The van der Waals surface area contributed by atoms with Crippen LogP contribution in [0, 0.1) is 0 Å². The number of rotatable bonds is 5. The highest BCUT2D eigenvalue weighted by atomic mass is 32.2. The lowest BCUT2D eigenvalue weighted by Crippen LogP contribution is -2.57. The molecule has 0 aromatic heterocycles. The van der Waals surface area contributed by atoms with Crippen molar-refractivity contribution in [3.63, 3.8) is 0 Å². The second-order valence-corrected chi connectivity index (χ2v) is 7.56. The summed E-state index contributed by atoms with van der Waals surface area (Å²) in [6.07, 6.45) is 0. The van der Waals surface area contributed by atoms with Gasteiger partial charge in [-0.2, -0.15) is 0 Å². The van der Waals surface area contributed by atoms with Gasteiger partial charge in [0.1, 0.15) is 0 Å². The molecule has 0 radical (unpaired) electrons. The molecule has 0 saturated carbocycles. The van der Waals surface area contributed by atoms with Crippen molar-refractivity contribution < 1.29 is 18.3 Å². The second kappa shape index (κ2) is 6.13. The summed E-state index contributed by atoms with van der Waals surface area (Å²) in [6, 6.07) is 8.96. The van der Waals surface area contributed by atoms with Gasteiger partial charge in [0.2, 0.25) is 0 Å². The Morgan fingerprint density at radius 3 is 2.33 bits per heavy atom. The second-order valence-electron chi connectivity index (χ2n) is 5.25. The SMILES string of the molecule is CNC(CN1CCS(=O)(=O)CC1)(C(=O)O)c1ccccc1. The number of aliphatic carboxylic acids is 1. The first kappa shape index (κ1) is 15.9. The van der Waals surface area contributed by atoms with Crippen LogP contribution >= 0.6 is 0 Å². The highest BCUT2D eigenvalue weighted by Crippen LogP contribution is 2.23. The zero-order valence-corrected chi connectivity index (χ0v) is 12.8. The Hall–Kier alpha value is -1.44. The molecule has 116 valence electrons. The number of nitrogens with one attached hydrogen (secondary N) is 1. The van der Waals surface area contributed by atoms with Crippen LogP contribution in [0.1, 0.15) is 5.56 Å². The largest absolute Gasteiger partial charge is 0.480 e. The summed E-state index contributed by atoms with van der Waals surface area (Å²) in [6.45, 7) is 0.968.